The minimum absolute atomic E-state index is 0.0165. The molecular weight excluding hydrogens is 234 g/mol. The number of hydrogen-bond donors (Lipinski definition) is 0. The Balaban J connectivity index is 2.71. The van der Waals surface area contributed by atoms with Crippen molar-refractivity contribution in [2.45, 2.75) is 40.5 Å². The van der Waals surface area contributed by atoms with Gasteiger partial charge < -0.3 is 0 Å². The zero-order chi connectivity index (χ0) is 13.9. The van der Waals surface area contributed by atoms with Gasteiger partial charge in [0.2, 0.25) is 0 Å². The molecular formula is C15H20F2O. The molecule has 0 aliphatic heterocycles. The first-order chi connectivity index (χ1) is 8.19. The first-order valence-corrected chi connectivity index (χ1v) is 6.17. The molecule has 0 bridgehead atoms. The lowest BCUT2D eigenvalue weighted by atomic mass is 9.83. The fraction of sp³-hybridized carbons (Fsp3) is 0.533. The summed E-state index contributed by atoms with van der Waals surface area (Å²) in [6.45, 7) is 8.29. The molecule has 3 heteroatoms. The third-order valence-corrected chi connectivity index (χ3v) is 2.73. The van der Waals surface area contributed by atoms with Crippen LogP contribution in [0.3, 0.4) is 0 Å². The number of Topliss-reactive ketones (excluding diaryl/α,β-unsaturated/α-hetero) is 1. The molecule has 0 saturated heterocycles. The summed E-state index contributed by atoms with van der Waals surface area (Å²) in [6, 6.07) is 3.09. The molecule has 0 amide bonds. The van der Waals surface area contributed by atoms with Gasteiger partial charge in [-0.3, -0.25) is 4.79 Å². The van der Waals surface area contributed by atoms with Crippen molar-refractivity contribution in [3.05, 3.63) is 35.4 Å². The number of halogens is 2. The maximum atomic E-state index is 13.4. The molecule has 0 saturated carbocycles. The molecule has 0 heterocycles. The van der Waals surface area contributed by atoms with Crippen molar-refractivity contribution in [1.29, 1.82) is 0 Å². The van der Waals surface area contributed by atoms with Crippen LogP contribution in [0.4, 0.5) is 8.78 Å². The van der Waals surface area contributed by atoms with Gasteiger partial charge in [-0.25, -0.2) is 8.78 Å². The van der Waals surface area contributed by atoms with E-state index in [4.69, 9.17) is 0 Å². The predicted molar refractivity (Wildman–Crippen MR) is 68.5 cm³/mol. The standard InChI is InChI=1S/C15H20F2O/c1-10(9-15(2,3)4)7-14(18)12-6-5-11(16)8-13(12)17/h5-6,8,10H,7,9H2,1-4H3. The summed E-state index contributed by atoms with van der Waals surface area (Å²) in [4.78, 5) is 11.9. The van der Waals surface area contributed by atoms with Gasteiger partial charge in [-0.05, 0) is 29.9 Å². The van der Waals surface area contributed by atoms with Gasteiger partial charge in [0, 0.05) is 12.5 Å². The predicted octanol–water partition coefficient (Wildman–Crippen LogP) is 4.61. The topological polar surface area (TPSA) is 17.1 Å². The highest BCUT2D eigenvalue weighted by Crippen LogP contribution is 2.27. The second-order valence-corrected chi connectivity index (χ2v) is 6.12. The summed E-state index contributed by atoms with van der Waals surface area (Å²) in [5.74, 6) is -1.51. The van der Waals surface area contributed by atoms with Gasteiger partial charge >= 0.3 is 0 Å². The third-order valence-electron chi connectivity index (χ3n) is 2.73. The first-order valence-electron chi connectivity index (χ1n) is 6.17. The van der Waals surface area contributed by atoms with E-state index >= 15 is 0 Å². The van der Waals surface area contributed by atoms with Gasteiger partial charge in [0.1, 0.15) is 11.6 Å². The van der Waals surface area contributed by atoms with Crippen LogP contribution in [0.25, 0.3) is 0 Å². The third kappa shape index (κ3) is 4.55. The molecule has 0 aliphatic carbocycles. The van der Waals surface area contributed by atoms with Crippen LogP contribution >= 0.6 is 0 Å². The van der Waals surface area contributed by atoms with Crippen molar-refractivity contribution in [2.75, 3.05) is 0 Å². The molecule has 0 spiro atoms. The minimum atomic E-state index is -0.775. The van der Waals surface area contributed by atoms with Crippen LogP contribution in [0.1, 0.15) is 50.9 Å². The lowest BCUT2D eigenvalue weighted by Gasteiger charge is -2.22. The zero-order valence-electron chi connectivity index (χ0n) is 11.4. The zero-order valence-corrected chi connectivity index (χ0v) is 11.4. The van der Waals surface area contributed by atoms with Gasteiger partial charge in [0.05, 0.1) is 5.56 Å². The van der Waals surface area contributed by atoms with Crippen molar-refractivity contribution in [2.24, 2.45) is 11.3 Å². The number of rotatable bonds is 4. The Hall–Kier alpha value is -1.25. The fourth-order valence-electron chi connectivity index (χ4n) is 2.26. The summed E-state index contributed by atoms with van der Waals surface area (Å²) in [6.07, 6.45) is 1.18. The van der Waals surface area contributed by atoms with Crippen molar-refractivity contribution in [3.8, 4) is 0 Å². The largest absolute Gasteiger partial charge is 0.294 e. The molecule has 100 valence electrons. The highest BCUT2D eigenvalue weighted by atomic mass is 19.1. The maximum Gasteiger partial charge on any atom is 0.166 e. The molecule has 1 aromatic carbocycles. The average molecular weight is 254 g/mol. The Labute approximate surface area is 107 Å². The quantitative estimate of drug-likeness (QED) is 0.717. The van der Waals surface area contributed by atoms with E-state index in [1.807, 2.05) is 6.92 Å². The Morgan fingerprint density at radius 1 is 1.28 bits per heavy atom. The number of carbonyl (C=O) groups excluding carboxylic acids is 1. The average Bonchev–Trinajstić information content (AvgIpc) is 2.13. The molecule has 1 atom stereocenters. The van der Waals surface area contributed by atoms with E-state index in [1.165, 1.54) is 6.07 Å². The van der Waals surface area contributed by atoms with Crippen LogP contribution in [0, 0.1) is 23.0 Å². The van der Waals surface area contributed by atoms with E-state index in [-0.39, 0.29) is 22.7 Å². The SMILES string of the molecule is CC(CC(=O)c1ccc(F)cc1F)CC(C)(C)C. The van der Waals surface area contributed by atoms with Crippen LogP contribution in [0.5, 0.6) is 0 Å². The lowest BCUT2D eigenvalue weighted by molar-refractivity contribution is 0.0950. The van der Waals surface area contributed by atoms with E-state index in [2.05, 4.69) is 20.8 Å². The van der Waals surface area contributed by atoms with Crippen molar-refractivity contribution in [1.82, 2.24) is 0 Å². The maximum absolute atomic E-state index is 13.4. The Kier molecular flexibility index (Phi) is 4.60. The Morgan fingerprint density at radius 3 is 2.39 bits per heavy atom. The molecule has 0 aromatic heterocycles. The van der Waals surface area contributed by atoms with Gasteiger partial charge in [-0.15, -0.1) is 0 Å². The molecule has 18 heavy (non-hydrogen) atoms. The summed E-state index contributed by atoms with van der Waals surface area (Å²) in [7, 11) is 0. The summed E-state index contributed by atoms with van der Waals surface area (Å²) >= 11 is 0. The highest BCUT2D eigenvalue weighted by molar-refractivity contribution is 5.96. The van der Waals surface area contributed by atoms with E-state index in [0.717, 1.165) is 18.6 Å². The molecule has 1 nitrogen and oxygen atoms in total. The summed E-state index contributed by atoms with van der Waals surface area (Å²) < 4.78 is 26.2. The number of benzene rings is 1. The van der Waals surface area contributed by atoms with Crippen molar-refractivity contribution < 1.29 is 13.6 Å². The molecule has 1 rings (SSSR count). The van der Waals surface area contributed by atoms with Gasteiger partial charge in [0.15, 0.2) is 5.78 Å². The van der Waals surface area contributed by atoms with E-state index < -0.39 is 11.6 Å². The fourth-order valence-corrected chi connectivity index (χ4v) is 2.26. The van der Waals surface area contributed by atoms with Gasteiger partial charge in [-0.2, -0.15) is 0 Å². The molecule has 0 N–H and O–H groups in total. The molecule has 1 unspecified atom stereocenters. The first kappa shape index (κ1) is 14.8. The van der Waals surface area contributed by atoms with Crippen LogP contribution in [-0.4, -0.2) is 5.78 Å². The van der Waals surface area contributed by atoms with Gasteiger partial charge in [-0.1, -0.05) is 27.7 Å². The Bertz CT molecular complexity index is 433. The highest BCUT2D eigenvalue weighted by Gasteiger charge is 2.20. The minimum Gasteiger partial charge on any atom is -0.294 e. The van der Waals surface area contributed by atoms with E-state index in [9.17, 15) is 13.6 Å². The molecule has 1 aromatic rings. The Morgan fingerprint density at radius 2 is 1.89 bits per heavy atom. The van der Waals surface area contributed by atoms with Crippen LogP contribution in [0.2, 0.25) is 0 Å². The normalized spacial score (nSPS) is 13.4. The number of ketones is 1. The van der Waals surface area contributed by atoms with Crippen molar-refractivity contribution in [3.63, 3.8) is 0 Å². The van der Waals surface area contributed by atoms with E-state index in [1.54, 1.807) is 0 Å². The smallest absolute Gasteiger partial charge is 0.166 e. The monoisotopic (exact) mass is 254 g/mol. The van der Waals surface area contributed by atoms with Crippen molar-refractivity contribution >= 4 is 5.78 Å². The van der Waals surface area contributed by atoms with Crippen LogP contribution in [-0.2, 0) is 0 Å². The summed E-state index contributed by atoms with van der Waals surface area (Å²) in [5, 5.41) is 0. The van der Waals surface area contributed by atoms with Crippen LogP contribution in [0.15, 0.2) is 18.2 Å². The molecule has 0 aliphatic rings. The second-order valence-electron chi connectivity index (χ2n) is 6.12. The molecule has 0 radical (unpaired) electrons. The summed E-state index contributed by atoms with van der Waals surface area (Å²) in [5.41, 5.74) is 0.123. The number of hydrogen-bond acceptors (Lipinski definition) is 1. The lowest BCUT2D eigenvalue weighted by Crippen LogP contribution is -2.15. The second kappa shape index (κ2) is 5.59. The van der Waals surface area contributed by atoms with E-state index in [0.29, 0.717) is 6.42 Å². The van der Waals surface area contributed by atoms with Gasteiger partial charge in [0.25, 0.3) is 0 Å². The molecule has 0 fully saturated rings. The number of carbonyl (C=O) groups is 1. The van der Waals surface area contributed by atoms with Crippen LogP contribution < -0.4 is 0 Å².